The summed E-state index contributed by atoms with van der Waals surface area (Å²) < 4.78 is 6.10. The molecule has 0 heterocycles. The lowest BCUT2D eigenvalue weighted by Crippen LogP contribution is -2.03. The van der Waals surface area contributed by atoms with Gasteiger partial charge in [-0.2, -0.15) is 0 Å². The first-order valence-corrected chi connectivity index (χ1v) is 7.05. The summed E-state index contributed by atoms with van der Waals surface area (Å²) in [6.07, 6.45) is -0.904. The van der Waals surface area contributed by atoms with Gasteiger partial charge in [-0.05, 0) is 24.3 Å². The van der Waals surface area contributed by atoms with Gasteiger partial charge in [-0.1, -0.05) is 51.3 Å². The fourth-order valence-electron chi connectivity index (χ4n) is 1.82. The molecule has 0 spiro atoms. The van der Waals surface area contributed by atoms with Crippen molar-refractivity contribution in [3.8, 4) is 5.75 Å². The van der Waals surface area contributed by atoms with Crippen molar-refractivity contribution in [2.75, 3.05) is 7.11 Å². The molecule has 19 heavy (non-hydrogen) atoms. The first-order chi connectivity index (χ1) is 9.04. The Kier molecular flexibility index (Phi) is 4.74. The Labute approximate surface area is 130 Å². The van der Waals surface area contributed by atoms with Crippen molar-refractivity contribution in [3.63, 3.8) is 0 Å². The Morgan fingerprint density at radius 1 is 1.16 bits per heavy atom. The van der Waals surface area contributed by atoms with Gasteiger partial charge in [0.2, 0.25) is 0 Å². The van der Waals surface area contributed by atoms with E-state index in [9.17, 15) is 5.11 Å². The number of aliphatic hydroxyl groups excluding tert-OH is 1. The minimum atomic E-state index is -0.904. The van der Waals surface area contributed by atoms with Crippen LogP contribution in [0.5, 0.6) is 5.75 Å². The van der Waals surface area contributed by atoms with Crippen LogP contribution in [-0.2, 0) is 0 Å². The molecular formula is C14H11BrCl2O2. The van der Waals surface area contributed by atoms with Crippen molar-refractivity contribution in [3.05, 3.63) is 62.0 Å². The monoisotopic (exact) mass is 360 g/mol. The number of hydrogen-bond donors (Lipinski definition) is 1. The van der Waals surface area contributed by atoms with Gasteiger partial charge in [0, 0.05) is 15.6 Å². The van der Waals surface area contributed by atoms with Crippen molar-refractivity contribution in [1.82, 2.24) is 0 Å². The molecule has 5 heteroatoms. The van der Waals surface area contributed by atoms with Gasteiger partial charge in [0.25, 0.3) is 0 Å². The second-order valence-corrected chi connectivity index (χ2v) is 5.63. The molecule has 1 unspecified atom stereocenters. The van der Waals surface area contributed by atoms with Gasteiger partial charge in [0.15, 0.2) is 0 Å². The number of hydrogen-bond acceptors (Lipinski definition) is 2. The Balaban J connectivity index is 2.52. The molecule has 0 bridgehead atoms. The highest BCUT2D eigenvalue weighted by molar-refractivity contribution is 9.10. The minimum absolute atomic E-state index is 0.346. The standard InChI is InChI=1S/C14H11BrCl2O2/c1-19-12-6-5-8(15)7-10(12)14(18)9-3-2-4-11(16)13(9)17/h2-7,14,18H,1H3. The lowest BCUT2D eigenvalue weighted by atomic mass is 10.0. The predicted molar refractivity (Wildman–Crippen MR) is 81.2 cm³/mol. The molecule has 100 valence electrons. The Morgan fingerprint density at radius 2 is 1.89 bits per heavy atom. The van der Waals surface area contributed by atoms with E-state index >= 15 is 0 Å². The average Bonchev–Trinajstić information content (AvgIpc) is 2.41. The van der Waals surface area contributed by atoms with Gasteiger partial charge in [-0.25, -0.2) is 0 Å². The lowest BCUT2D eigenvalue weighted by Gasteiger charge is -2.17. The molecule has 2 aromatic carbocycles. The zero-order valence-electron chi connectivity index (χ0n) is 10.0. The largest absolute Gasteiger partial charge is 0.496 e. The van der Waals surface area contributed by atoms with E-state index in [0.29, 0.717) is 26.9 Å². The van der Waals surface area contributed by atoms with Crippen LogP contribution in [0.1, 0.15) is 17.2 Å². The summed E-state index contributed by atoms with van der Waals surface area (Å²) in [5.41, 5.74) is 1.17. The maximum absolute atomic E-state index is 10.5. The molecule has 0 radical (unpaired) electrons. The number of halogens is 3. The molecule has 0 saturated carbocycles. The minimum Gasteiger partial charge on any atom is -0.496 e. The quantitative estimate of drug-likeness (QED) is 0.846. The van der Waals surface area contributed by atoms with Crippen molar-refractivity contribution in [2.24, 2.45) is 0 Å². The molecule has 2 nitrogen and oxygen atoms in total. The third-order valence-corrected chi connectivity index (χ3v) is 4.09. The van der Waals surface area contributed by atoms with Crippen LogP contribution in [0.4, 0.5) is 0 Å². The Hall–Kier alpha value is -0.740. The third-order valence-electron chi connectivity index (χ3n) is 2.76. The number of methoxy groups -OCH3 is 1. The molecule has 0 amide bonds. The van der Waals surface area contributed by atoms with Crippen LogP contribution in [0.25, 0.3) is 0 Å². The smallest absolute Gasteiger partial charge is 0.125 e. The fraction of sp³-hybridized carbons (Fsp3) is 0.143. The highest BCUT2D eigenvalue weighted by Gasteiger charge is 2.19. The van der Waals surface area contributed by atoms with Crippen LogP contribution < -0.4 is 4.74 Å². The topological polar surface area (TPSA) is 29.5 Å². The molecule has 0 fully saturated rings. The van der Waals surface area contributed by atoms with E-state index in [2.05, 4.69) is 15.9 Å². The van der Waals surface area contributed by atoms with E-state index < -0.39 is 6.10 Å². The zero-order chi connectivity index (χ0) is 14.0. The Bertz CT molecular complexity index is 602. The van der Waals surface area contributed by atoms with Gasteiger partial charge in [-0.3, -0.25) is 0 Å². The summed E-state index contributed by atoms with van der Waals surface area (Å²) in [7, 11) is 1.55. The molecule has 0 aromatic heterocycles. The van der Waals surface area contributed by atoms with Crippen LogP contribution in [0, 0.1) is 0 Å². The van der Waals surface area contributed by atoms with E-state index in [1.54, 1.807) is 37.4 Å². The highest BCUT2D eigenvalue weighted by Crippen LogP contribution is 2.37. The first-order valence-electron chi connectivity index (χ1n) is 5.50. The Morgan fingerprint density at radius 3 is 2.58 bits per heavy atom. The third kappa shape index (κ3) is 3.06. The molecule has 0 aliphatic heterocycles. The summed E-state index contributed by atoms with van der Waals surface area (Å²) in [4.78, 5) is 0. The predicted octanol–water partition coefficient (Wildman–Crippen LogP) is 4.85. The summed E-state index contributed by atoms with van der Waals surface area (Å²) in [6, 6.07) is 10.6. The van der Waals surface area contributed by atoms with Gasteiger partial charge in [-0.15, -0.1) is 0 Å². The van der Waals surface area contributed by atoms with Gasteiger partial charge >= 0.3 is 0 Å². The number of ether oxygens (including phenoxy) is 1. The van der Waals surface area contributed by atoms with E-state index in [0.717, 1.165) is 4.47 Å². The molecule has 0 aliphatic rings. The summed E-state index contributed by atoms with van der Waals surface area (Å²) in [5, 5.41) is 11.2. The lowest BCUT2D eigenvalue weighted by molar-refractivity contribution is 0.215. The molecule has 1 N–H and O–H groups in total. The van der Waals surface area contributed by atoms with Crippen LogP contribution in [0.15, 0.2) is 40.9 Å². The SMILES string of the molecule is COc1ccc(Br)cc1C(O)c1cccc(Cl)c1Cl. The average molecular weight is 362 g/mol. The van der Waals surface area contributed by atoms with Crippen molar-refractivity contribution in [2.45, 2.75) is 6.10 Å². The van der Waals surface area contributed by atoms with E-state index in [-0.39, 0.29) is 0 Å². The summed E-state index contributed by atoms with van der Waals surface area (Å²) in [5.74, 6) is 0.590. The first kappa shape index (κ1) is 14.7. The van der Waals surface area contributed by atoms with Crippen molar-refractivity contribution in [1.29, 1.82) is 0 Å². The van der Waals surface area contributed by atoms with Crippen LogP contribution in [-0.4, -0.2) is 12.2 Å². The molecule has 2 aromatic rings. The summed E-state index contributed by atoms with van der Waals surface area (Å²) >= 11 is 15.5. The van der Waals surface area contributed by atoms with Gasteiger partial charge < -0.3 is 9.84 Å². The van der Waals surface area contributed by atoms with E-state index in [1.807, 2.05) is 6.07 Å². The number of aliphatic hydroxyl groups is 1. The van der Waals surface area contributed by atoms with Gasteiger partial charge in [0.1, 0.15) is 11.9 Å². The summed E-state index contributed by atoms with van der Waals surface area (Å²) in [6.45, 7) is 0. The number of benzene rings is 2. The van der Waals surface area contributed by atoms with Gasteiger partial charge in [0.05, 0.1) is 17.2 Å². The molecule has 0 saturated heterocycles. The molecule has 0 aliphatic carbocycles. The molecular weight excluding hydrogens is 351 g/mol. The maximum Gasteiger partial charge on any atom is 0.125 e. The van der Waals surface area contributed by atoms with E-state index in [4.69, 9.17) is 27.9 Å². The van der Waals surface area contributed by atoms with E-state index in [1.165, 1.54) is 0 Å². The van der Waals surface area contributed by atoms with Crippen LogP contribution in [0.2, 0.25) is 10.0 Å². The highest BCUT2D eigenvalue weighted by atomic mass is 79.9. The van der Waals surface area contributed by atoms with Crippen molar-refractivity contribution < 1.29 is 9.84 Å². The normalized spacial score (nSPS) is 12.3. The maximum atomic E-state index is 10.5. The second kappa shape index (κ2) is 6.14. The number of rotatable bonds is 3. The van der Waals surface area contributed by atoms with Crippen LogP contribution >= 0.6 is 39.1 Å². The van der Waals surface area contributed by atoms with Crippen LogP contribution in [0.3, 0.4) is 0 Å². The molecule has 2 rings (SSSR count). The second-order valence-electron chi connectivity index (χ2n) is 3.93. The zero-order valence-corrected chi connectivity index (χ0v) is 13.1. The molecule has 1 atom stereocenters. The van der Waals surface area contributed by atoms with Crippen molar-refractivity contribution >= 4 is 39.1 Å². The fourth-order valence-corrected chi connectivity index (χ4v) is 2.61.